The van der Waals surface area contributed by atoms with Crippen LogP contribution < -0.4 is 0 Å². The lowest BCUT2D eigenvalue weighted by atomic mass is 9.66. The van der Waals surface area contributed by atoms with E-state index in [1.807, 2.05) is 0 Å². The molecule has 6 unspecified atom stereocenters. The van der Waals surface area contributed by atoms with E-state index in [0.29, 0.717) is 0 Å². The maximum atomic E-state index is 2.51. The smallest absolute Gasteiger partial charge is 0.0196 e. The van der Waals surface area contributed by atoms with Gasteiger partial charge in [0.25, 0.3) is 0 Å². The van der Waals surface area contributed by atoms with Crippen molar-refractivity contribution in [2.45, 2.75) is 33.1 Å². The summed E-state index contributed by atoms with van der Waals surface area (Å²) in [4.78, 5) is 0. The molecular formula is C13H20. The van der Waals surface area contributed by atoms with E-state index in [4.69, 9.17) is 0 Å². The molecule has 72 valence electrons. The fourth-order valence-corrected chi connectivity index (χ4v) is 4.05. The van der Waals surface area contributed by atoms with Crippen molar-refractivity contribution < 1.29 is 0 Å². The van der Waals surface area contributed by atoms with Crippen LogP contribution in [0.2, 0.25) is 0 Å². The molecular weight excluding hydrogens is 156 g/mol. The zero-order valence-electron chi connectivity index (χ0n) is 8.74. The molecule has 0 aliphatic heterocycles. The van der Waals surface area contributed by atoms with Crippen LogP contribution in [0.25, 0.3) is 0 Å². The lowest BCUT2D eigenvalue weighted by molar-refractivity contribution is 0.124. The molecule has 2 saturated carbocycles. The van der Waals surface area contributed by atoms with Gasteiger partial charge < -0.3 is 0 Å². The molecule has 0 aromatic carbocycles. The van der Waals surface area contributed by atoms with E-state index < -0.39 is 0 Å². The van der Waals surface area contributed by atoms with Gasteiger partial charge in [-0.25, -0.2) is 0 Å². The van der Waals surface area contributed by atoms with Gasteiger partial charge in [0.15, 0.2) is 0 Å². The first-order chi connectivity index (χ1) is 6.25. The number of hydrogen-bond donors (Lipinski definition) is 0. The quantitative estimate of drug-likeness (QED) is 0.496. The summed E-state index contributed by atoms with van der Waals surface area (Å²) in [6, 6.07) is 0. The molecule has 2 bridgehead atoms. The van der Waals surface area contributed by atoms with Gasteiger partial charge in [-0.15, -0.1) is 0 Å². The van der Waals surface area contributed by atoms with Crippen LogP contribution in [0.5, 0.6) is 0 Å². The number of fused-ring (bicyclic) bond motifs is 5. The lowest BCUT2D eigenvalue weighted by Gasteiger charge is -2.39. The van der Waals surface area contributed by atoms with Crippen molar-refractivity contribution in [3.8, 4) is 0 Å². The van der Waals surface area contributed by atoms with Crippen molar-refractivity contribution in [2.75, 3.05) is 0 Å². The molecule has 0 aromatic heterocycles. The van der Waals surface area contributed by atoms with E-state index >= 15 is 0 Å². The van der Waals surface area contributed by atoms with E-state index in [0.717, 1.165) is 35.5 Å². The average molecular weight is 176 g/mol. The first-order valence-electron chi connectivity index (χ1n) is 5.94. The summed E-state index contributed by atoms with van der Waals surface area (Å²) in [6.07, 6.45) is 9.53. The summed E-state index contributed by atoms with van der Waals surface area (Å²) < 4.78 is 0. The molecule has 3 rings (SSSR count). The van der Waals surface area contributed by atoms with Crippen molar-refractivity contribution in [3.63, 3.8) is 0 Å². The minimum Gasteiger partial charge on any atom is -0.0848 e. The first kappa shape index (κ1) is 8.08. The highest BCUT2D eigenvalue weighted by atomic mass is 14.5. The molecule has 0 aromatic rings. The highest BCUT2D eigenvalue weighted by molar-refractivity contribution is 5.14. The Morgan fingerprint density at radius 2 is 1.23 bits per heavy atom. The van der Waals surface area contributed by atoms with E-state index in [9.17, 15) is 0 Å². The molecule has 0 nitrogen and oxygen atoms in total. The van der Waals surface area contributed by atoms with Gasteiger partial charge in [0.2, 0.25) is 0 Å². The highest BCUT2D eigenvalue weighted by Gasteiger charge is 2.47. The van der Waals surface area contributed by atoms with Crippen LogP contribution in [0.4, 0.5) is 0 Å². The van der Waals surface area contributed by atoms with Crippen molar-refractivity contribution in [3.05, 3.63) is 12.2 Å². The Balaban J connectivity index is 1.85. The summed E-state index contributed by atoms with van der Waals surface area (Å²) in [5.41, 5.74) is 0. The molecule has 0 amide bonds. The van der Waals surface area contributed by atoms with Crippen molar-refractivity contribution in [1.82, 2.24) is 0 Å². The van der Waals surface area contributed by atoms with E-state index in [-0.39, 0.29) is 0 Å². The van der Waals surface area contributed by atoms with Crippen LogP contribution in [0.3, 0.4) is 0 Å². The van der Waals surface area contributed by atoms with Crippen LogP contribution in [0, 0.1) is 35.5 Å². The van der Waals surface area contributed by atoms with Crippen LogP contribution in [-0.2, 0) is 0 Å². The molecule has 0 N–H and O–H groups in total. The summed E-state index contributed by atoms with van der Waals surface area (Å²) in [7, 11) is 0. The number of allylic oxidation sites excluding steroid dienone is 2. The normalized spacial score (nSPS) is 58.3. The van der Waals surface area contributed by atoms with Gasteiger partial charge in [0, 0.05) is 0 Å². The Morgan fingerprint density at radius 3 is 1.69 bits per heavy atom. The molecule has 0 heteroatoms. The predicted octanol–water partition coefficient (Wildman–Crippen LogP) is 3.49. The first-order valence-corrected chi connectivity index (χ1v) is 5.94. The van der Waals surface area contributed by atoms with E-state index in [1.54, 1.807) is 0 Å². The monoisotopic (exact) mass is 176 g/mol. The van der Waals surface area contributed by atoms with Crippen molar-refractivity contribution >= 4 is 0 Å². The third-order valence-corrected chi connectivity index (χ3v) is 5.06. The number of hydrogen-bond acceptors (Lipinski definition) is 0. The van der Waals surface area contributed by atoms with Crippen LogP contribution in [0.15, 0.2) is 12.2 Å². The highest BCUT2D eigenvalue weighted by Crippen LogP contribution is 2.56. The summed E-state index contributed by atoms with van der Waals surface area (Å²) in [5, 5.41) is 0. The summed E-state index contributed by atoms with van der Waals surface area (Å²) in [5.74, 6) is 6.06. The zero-order valence-corrected chi connectivity index (χ0v) is 8.74. The molecule has 3 aliphatic carbocycles. The van der Waals surface area contributed by atoms with Gasteiger partial charge in [0.1, 0.15) is 0 Å². The van der Waals surface area contributed by atoms with Crippen molar-refractivity contribution in [1.29, 1.82) is 0 Å². The predicted molar refractivity (Wildman–Crippen MR) is 55.3 cm³/mol. The number of rotatable bonds is 0. The lowest BCUT2D eigenvalue weighted by Crippen LogP contribution is -2.31. The minimum absolute atomic E-state index is 0.977. The topological polar surface area (TPSA) is 0 Å². The fourth-order valence-electron chi connectivity index (χ4n) is 4.05. The molecule has 0 saturated heterocycles. The van der Waals surface area contributed by atoms with Gasteiger partial charge in [-0.2, -0.15) is 0 Å². The van der Waals surface area contributed by atoms with Gasteiger partial charge in [-0.1, -0.05) is 26.0 Å². The Labute approximate surface area is 81.4 Å². The van der Waals surface area contributed by atoms with Crippen LogP contribution >= 0.6 is 0 Å². The second-order valence-corrected chi connectivity index (χ2v) is 5.70. The fraction of sp³-hybridized carbons (Fsp3) is 0.846. The standard InChI is InChI=1S/C13H20/c1-8-5-12-10-3-4-11(7-10)13(12)6-9(8)2/h3-4,8-13H,5-7H2,1-2H3. The maximum absolute atomic E-state index is 2.51. The molecule has 3 aliphatic rings. The van der Waals surface area contributed by atoms with Crippen molar-refractivity contribution in [2.24, 2.45) is 35.5 Å². The SMILES string of the molecule is CC1CC2C3C=CC(C3)C2CC1C. The summed E-state index contributed by atoms with van der Waals surface area (Å²) >= 11 is 0. The molecule has 2 fully saturated rings. The molecule has 13 heavy (non-hydrogen) atoms. The van der Waals surface area contributed by atoms with Gasteiger partial charge >= 0.3 is 0 Å². The van der Waals surface area contributed by atoms with E-state index in [1.165, 1.54) is 19.3 Å². The van der Waals surface area contributed by atoms with Crippen LogP contribution in [0.1, 0.15) is 33.1 Å². The third kappa shape index (κ3) is 1.04. The largest absolute Gasteiger partial charge is 0.0848 e. The Bertz CT molecular complexity index is 216. The van der Waals surface area contributed by atoms with Crippen LogP contribution in [-0.4, -0.2) is 0 Å². The zero-order chi connectivity index (χ0) is 9.00. The molecule has 0 spiro atoms. The summed E-state index contributed by atoms with van der Waals surface area (Å²) in [6.45, 7) is 4.91. The van der Waals surface area contributed by atoms with Gasteiger partial charge in [-0.3, -0.25) is 0 Å². The minimum atomic E-state index is 0.977. The Kier molecular flexibility index (Phi) is 1.63. The van der Waals surface area contributed by atoms with Gasteiger partial charge in [0.05, 0.1) is 0 Å². The average Bonchev–Trinajstić information content (AvgIpc) is 2.67. The second-order valence-electron chi connectivity index (χ2n) is 5.70. The Morgan fingerprint density at radius 1 is 0.769 bits per heavy atom. The third-order valence-electron chi connectivity index (χ3n) is 5.06. The van der Waals surface area contributed by atoms with Gasteiger partial charge in [-0.05, 0) is 54.8 Å². The molecule has 6 atom stereocenters. The molecule has 0 heterocycles. The Hall–Kier alpha value is -0.260. The second kappa shape index (κ2) is 2.62. The molecule has 0 radical (unpaired) electrons. The van der Waals surface area contributed by atoms with E-state index in [2.05, 4.69) is 26.0 Å². The maximum Gasteiger partial charge on any atom is -0.0196 e.